The van der Waals surface area contributed by atoms with E-state index in [1.165, 1.54) is 32.1 Å². The Kier molecular flexibility index (Phi) is 8.27. The van der Waals surface area contributed by atoms with Crippen molar-refractivity contribution in [3.63, 3.8) is 0 Å². The van der Waals surface area contributed by atoms with Crippen LogP contribution >= 0.6 is 0 Å². The fourth-order valence-corrected chi connectivity index (χ4v) is 8.96. The lowest BCUT2D eigenvalue weighted by Crippen LogP contribution is -2.52. The van der Waals surface area contributed by atoms with Crippen molar-refractivity contribution in [2.45, 2.75) is 111 Å². The predicted molar refractivity (Wildman–Crippen MR) is 131 cm³/mol. The second-order valence-corrected chi connectivity index (χ2v) is 13.0. The van der Waals surface area contributed by atoms with E-state index in [9.17, 15) is 9.59 Å². The Morgan fingerprint density at radius 3 is 2.42 bits per heavy atom. The molecule has 0 radical (unpaired) electrons. The SMILES string of the molecule is C[SiH2]O[C@H]1CC[C@](C)(C2CC[C@@]3(C)C(CC[C@@H]3[C@H](C)CCC(C)C)C2CC=O)C(=O)C1. The molecule has 3 fully saturated rings. The fourth-order valence-electron chi connectivity index (χ4n) is 8.20. The van der Waals surface area contributed by atoms with Crippen molar-refractivity contribution in [3.05, 3.63) is 0 Å². The average Bonchev–Trinajstić information content (AvgIpc) is 3.07. The Morgan fingerprint density at radius 1 is 1.06 bits per heavy atom. The maximum atomic E-state index is 13.4. The molecular weight excluding hydrogens is 400 g/mol. The van der Waals surface area contributed by atoms with Crippen LogP contribution in [0, 0.1) is 46.3 Å². The summed E-state index contributed by atoms with van der Waals surface area (Å²) in [7, 11) is -0.472. The van der Waals surface area contributed by atoms with E-state index in [2.05, 4.69) is 41.2 Å². The number of Topliss-reactive ketones (excluding diaryl/α,β-unsaturated/α-hetero) is 1. The zero-order valence-electron chi connectivity index (χ0n) is 21.1. The van der Waals surface area contributed by atoms with Crippen LogP contribution in [0.3, 0.4) is 0 Å². The minimum atomic E-state index is -0.472. The van der Waals surface area contributed by atoms with Crippen LogP contribution in [-0.2, 0) is 14.0 Å². The van der Waals surface area contributed by atoms with Crippen LogP contribution in [0.2, 0.25) is 6.55 Å². The highest BCUT2D eigenvalue weighted by atomic mass is 28.2. The second kappa shape index (κ2) is 10.2. The summed E-state index contributed by atoms with van der Waals surface area (Å²) >= 11 is 0. The van der Waals surface area contributed by atoms with Crippen molar-refractivity contribution in [2.75, 3.05) is 0 Å². The van der Waals surface area contributed by atoms with Gasteiger partial charge in [0.15, 0.2) is 9.76 Å². The van der Waals surface area contributed by atoms with E-state index >= 15 is 0 Å². The largest absolute Gasteiger partial charge is 0.421 e. The average molecular weight is 449 g/mol. The Hall–Kier alpha value is -0.483. The van der Waals surface area contributed by atoms with Crippen LogP contribution in [0.5, 0.6) is 0 Å². The third-order valence-electron chi connectivity index (χ3n) is 10.0. The lowest BCUT2D eigenvalue weighted by molar-refractivity contribution is -0.145. The highest BCUT2D eigenvalue weighted by molar-refractivity contribution is 6.24. The van der Waals surface area contributed by atoms with E-state index in [1.807, 2.05) is 0 Å². The number of ketones is 1. The van der Waals surface area contributed by atoms with Crippen molar-refractivity contribution >= 4 is 21.8 Å². The first-order valence-electron chi connectivity index (χ1n) is 13.3. The van der Waals surface area contributed by atoms with Crippen molar-refractivity contribution in [1.82, 2.24) is 0 Å². The molecule has 0 N–H and O–H groups in total. The molecule has 0 aromatic rings. The van der Waals surface area contributed by atoms with Gasteiger partial charge in [-0.3, -0.25) is 4.79 Å². The molecule has 3 aliphatic carbocycles. The van der Waals surface area contributed by atoms with E-state index in [1.54, 1.807) is 0 Å². The van der Waals surface area contributed by atoms with Crippen LogP contribution in [0.25, 0.3) is 0 Å². The minimum absolute atomic E-state index is 0.160. The number of rotatable bonds is 9. The van der Waals surface area contributed by atoms with Gasteiger partial charge in [-0.15, -0.1) is 0 Å². The monoisotopic (exact) mass is 448 g/mol. The molecule has 0 aromatic heterocycles. The maximum absolute atomic E-state index is 13.4. The molecule has 0 spiro atoms. The van der Waals surface area contributed by atoms with Gasteiger partial charge in [-0.2, -0.15) is 0 Å². The van der Waals surface area contributed by atoms with Crippen molar-refractivity contribution in [2.24, 2.45) is 46.3 Å². The number of carbonyl (C=O) groups is 2. The molecule has 0 amide bonds. The van der Waals surface area contributed by atoms with E-state index in [-0.39, 0.29) is 11.5 Å². The molecule has 3 saturated carbocycles. The molecule has 4 heteroatoms. The fraction of sp³-hybridized carbons (Fsp3) is 0.926. The van der Waals surface area contributed by atoms with Crippen molar-refractivity contribution in [3.8, 4) is 0 Å². The molecule has 3 nitrogen and oxygen atoms in total. The molecule has 3 aliphatic rings. The Morgan fingerprint density at radius 2 is 1.81 bits per heavy atom. The van der Waals surface area contributed by atoms with Gasteiger partial charge in [-0.25, -0.2) is 0 Å². The molecule has 0 aromatic carbocycles. The molecule has 0 aliphatic heterocycles. The number of carbonyl (C=O) groups excluding carboxylic acids is 2. The summed E-state index contributed by atoms with van der Waals surface area (Å²) in [5.41, 5.74) is 0.0829. The molecule has 3 rings (SSSR count). The van der Waals surface area contributed by atoms with Crippen LogP contribution in [0.4, 0.5) is 0 Å². The van der Waals surface area contributed by atoms with Gasteiger partial charge in [0, 0.05) is 18.3 Å². The first-order valence-corrected chi connectivity index (χ1v) is 15.2. The third-order valence-corrected chi connectivity index (χ3v) is 10.8. The Labute approximate surface area is 193 Å². The van der Waals surface area contributed by atoms with E-state index in [0.717, 1.165) is 43.3 Å². The van der Waals surface area contributed by atoms with Crippen LogP contribution in [-0.4, -0.2) is 27.9 Å². The lowest BCUT2D eigenvalue weighted by Gasteiger charge is -2.55. The predicted octanol–water partition coefficient (Wildman–Crippen LogP) is 5.98. The van der Waals surface area contributed by atoms with Crippen molar-refractivity contribution in [1.29, 1.82) is 0 Å². The number of aldehydes is 1. The number of hydrogen-bond acceptors (Lipinski definition) is 3. The topological polar surface area (TPSA) is 43.4 Å². The molecule has 0 bridgehead atoms. The lowest BCUT2D eigenvalue weighted by atomic mass is 9.49. The summed E-state index contributed by atoms with van der Waals surface area (Å²) in [5.74, 6) is 4.06. The van der Waals surface area contributed by atoms with Gasteiger partial charge < -0.3 is 9.22 Å². The molecule has 0 saturated heterocycles. The summed E-state index contributed by atoms with van der Waals surface area (Å²) < 4.78 is 5.94. The molecule has 178 valence electrons. The molecule has 8 atom stereocenters. The van der Waals surface area contributed by atoms with Gasteiger partial charge in [0.25, 0.3) is 0 Å². The smallest absolute Gasteiger partial charge is 0.158 e. The summed E-state index contributed by atoms with van der Waals surface area (Å²) in [5, 5.41) is 0. The van der Waals surface area contributed by atoms with Gasteiger partial charge in [0.1, 0.15) is 12.1 Å². The standard InChI is InChI=1S/C27H48O3Si/c1-18(2)7-8-19(3)22-9-10-23-21(13-16-28)24(12-15-26(22,23)4)27(5)14-11-20(30-31-6)17-25(27)29/h16,18-24H,7-15,17,31H2,1-6H3/t19-,20+,21?,22-,23?,24?,26-,27-/m1/s1. The highest BCUT2D eigenvalue weighted by Crippen LogP contribution is 2.64. The van der Waals surface area contributed by atoms with E-state index in [4.69, 9.17) is 4.43 Å². The zero-order valence-corrected chi connectivity index (χ0v) is 22.5. The minimum Gasteiger partial charge on any atom is -0.421 e. The van der Waals surface area contributed by atoms with E-state index < -0.39 is 9.76 Å². The molecule has 0 heterocycles. The van der Waals surface area contributed by atoms with Gasteiger partial charge in [0.05, 0.1) is 6.10 Å². The zero-order chi connectivity index (χ0) is 22.8. The van der Waals surface area contributed by atoms with E-state index in [0.29, 0.717) is 41.8 Å². The first-order chi connectivity index (χ1) is 14.7. The Balaban J connectivity index is 1.79. The number of hydrogen-bond donors (Lipinski definition) is 0. The summed E-state index contributed by atoms with van der Waals surface area (Å²) in [6, 6.07) is 0. The molecular formula is C27H48O3Si. The van der Waals surface area contributed by atoms with Crippen molar-refractivity contribution < 1.29 is 14.0 Å². The maximum Gasteiger partial charge on any atom is 0.158 e. The summed E-state index contributed by atoms with van der Waals surface area (Å²) in [6.45, 7) is 14.1. The summed E-state index contributed by atoms with van der Waals surface area (Å²) in [6.07, 6.45) is 12.1. The van der Waals surface area contributed by atoms with Crippen LogP contribution < -0.4 is 0 Å². The molecule has 3 unspecified atom stereocenters. The van der Waals surface area contributed by atoms with Crippen LogP contribution in [0.1, 0.15) is 98.8 Å². The highest BCUT2D eigenvalue weighted by Gasteiger charge is 2.58. The summed E-state index contributed by atoms with van der Waals surface area (Å²) in [4.78, 5) is 25.2. The quantitative estimate of drug-likeness (QED) is 0.322. The van der Waals surface area contributed by atoms with Crippen LogP contribution in [0.15, 0.2) is 0 Å². The number of fused-ring (bicyclic) bond motifs is 1. The third kappa shape index (κ3) is 4.90. The normalized spacial score (nSPS) is 42.3. The Bertz CT molecular complexity index is 634. The van der Waals surface area contributed by atoms with Gasteiger partial charge in [0.2, 0.25) is 0 Å². The first kappa shape index (κ1) is 25.1. The van der Waals surface area contributed by atoms with Gasteiger partial charge >= 0.3 is 0 Å². The second-order valence-electron chi connectivity index (χ2n) is 12.1. The molecule has 31 heavy (non-hydrogen) atoms. The van der Waals surface area contributed by atoms with Gasteiger partial charge in [-0.1, -0.05) is 54.0 Å². The van der Waals surface area contributed by atoms with Gasteiger partial charge in [-0.05, 0) is 79.4 Å².